The molecule has 0 spiro atoms. The average Bonchev–Trinajstić information content (AvgIpc) is 2.73. The zero-order valence-electron chi connectivity index (χ0n) is 16.2. The van der Waals surface area contributed by atoms with Crippen molar-refractivity contribution in [1.29, 1.82) is 0 Å². The maximum absolute atomic E-state index is 5.99. The lowest BCUT2D eigenvalue weighted by Gasteiger charge is -2.38. The average molecular weight is 358 g/mol. The van der Waals surface area contributed by atoms with Crippen molar-refractivity contribution in [2.75, 3.05) is 18.0 Å². The van der Waals surface area contributed by atoms with Crippen molar-refractivity contribution in [2.45, 2.75) is 65.5 Å². The molecule has 4 heteroatoms. The van der Waals surface area contributed by atoms with E-state index in [4.69, 9.17) is 17.2 Å². The first kappa shape index (κ1) is 18.5. The van der Waals surface area contributed by atoms with Crippen molar-refractivity contribution in [1.82, 2.24) is 4.90 Å². The molecule has 2 fully saturated rings. The first-order valence-corrected chi connectivity index (χ1v) is 9.86. The van der Waals surface area contributed by atoms with Crippen LogP contribution in [0, 0.1) is 5.41 Å². The smallest absolute Gasteiger partial charge is 0.127 e. The maximum Gasteiger partial charge on any atom is 0.127 e. The van der Waals surface area contributed by atoms with E-state index in [1.165, 1.54) is 19.3 Å². The van der Waals surface area contributed by atoms with Gasteiger partial charge in [0.2, 0.25) is 0 Å². The number of hydrogen-bond acceptors (Lipinski definition) is 3. The minimum absolute atomic E-state index is 0.105. The molecule has 2 aliphatic rings. The fourth-order valence-corrected chi connectivity index (χ4v) is 4.34. The number of para-hydroxylation sites is 1. The SMILES string of the molecule is CC(C)(C)N=C1C(N2CCCCC2)C(C)(C)C(=S)N1c1ccccc1. The van der Waals surface area contributed by atoms with Crippen molar-refractivity contribution >= 4 is 28.7 Å². The predicted octanol–water partition coefficient (Wildman–Crippen LogP) is 4.91. The molecule has 0 N–H and O–H groups in total. The second kappa shape index (κ2) is 6.81. The maximum atomic E-state index is 5.99. The molecule has 2 aliphatic heterocycles. The van der Waals surface area contributed by atoms with Crippen molar-refractivity contribution in [3.63, 3.8) is 0 Å². The molecular weight excluding hydrogens is 326 g/mol. The molecule has 3 rings (SSSR count). The number of nitrogens with zero attached hydrogens (tertiary/aromatic N) is 3. The van der Waals surface area contributed by atoms with E-state index in [1.54, 1.807) is 0 Å². The monoisotopic (exact) mass is 357 g/mol. The second-order valence-electron chi connectivity index (χ2n) is 8.84. The Morgan fingerprint density at radius 1 is 1.04 bits per heavy atom. The fraction of sp³-hybridized carbons (Fsp3) is 0.619. The normalized spacial score (nSPS) is 26.4. The number of anilines is 1. The third-order valence-corrected chi connectivity index (χ3v) is 5.84. The molecule has 2 saturated heterocycles. The molecule has 0 bridgehead atoms. The van der Waals surface area contributed by atoms with E-state index in [0.717, 1.165) is 29.6 Å². The van der Waals surface area contributed by atoms with E-state index in [0.29, 0.717) is 0 Å². The van der Waals surface area contributed by atoms with E-state index in [2.05, 4.69) is 74.8 Å². The first-order valence-electron chi connectivity index (χ1n) is 9.45. The predicted molar refractivity (Wildman–Crippen MR) is 112 cm³/mol. The molecule has 0 radical (unpaired) electrons. The highest BCUT2D eigenvalue weighted by Gasteiger charge is 2.52. The van der Waals surface area contributed by atoms with Gasteiger partial charge in [-0.2, -0.15) is 0 Å². The molecule has 3 nitrogen and oxygen atoms in total. The van der Waals surface area contributed by atoms with Crippen LogP contribution in [-0.4, -0.2) is 40.4 Å². The van der Waals surface area contributed by atoms with Crippen molar-refractivity contribution in [3.05, 3.63) is 30.3 Å². The van der Waals surface area contributed by atoms with Crippen LogP contribution in [0.4, 0.5) is 5.69 Å². The summed E-state index contributed by atoms with van der Waals surface area (Å²) in [6.45, 7) is 13.4. The van der Waals surface area contributed by atoms with Gasteiger partial charge in [0.05, 0.1) is 16.6 Å². The number of likely N-dealkylation sites (tertiary alicyclic amines) is 1. The van der Waals surface area contributed by atoms with E-state index in [-0.39, 0.29) is 17.0 Å². The minimum atomic E-state index is -0.133. The Bertz CT molecular complexity index is 651. The van der Waals surface area contributed by atoms with Crippen LogP contribution in [0.3, 0.4) is 0 Å². The summed E-state index contributed by atoms with van der Waals surface area (Å²) in [4.78, 5) is 11.0. The molecule has 0 aliphatic carbocycles. The molecule has 0 saturated carbocycles. The molecule has 2 heterocycles. The molecule has 1 aromatic rings. The number of thiocarbonyl (C=S) groups is 1. The number of aliphatic imine (C=N–C) groups is 1. The van der Waals surface area contributed by atoms with Crippen LogP contribution in [0.1, 0.15) is 53.9 Å². The van der Waals surface area contributed by atoms with Gasteiger partial charge in [-0.1, -0.05) is 50.7 Å². The highest BCUT2D eigenvalue weighted by atomic mass is 32.1. The largest absolute Gasteiger partial charge is 0.293 e. The van der Waals surface area contributed by atoms with Gasteiger partial charge < -0.3 is 0 Å². The van der Waals surface area contributed by atoms with Gasteiger partial charge in [0.1, 0.15) is 5.84 Å². The molecule has 0 amide bonds. The van der Waals surface area contributed by atoms with Crippen LogP contribution in [0.25, 0.3) is 0 Å². The van der Waals surface area contributed by atoms with Crippen molar-refractivity contribution < 1.29 is 0 Å². The highest BCUT2D eigenvalue weighted by Crippen LogP contribution is 2.41. The fourth-order valence-electron chi connectivity index (χ4n) is 4.03. The Morgan fingerprint density at radius 2 is 1.64 bits per heavy atom. The standard InChI is InChI=1S/C21H31N3S/c1-20(2,3)22-18-17(23-14-10-7-11-15-23)21(4,5)19(25)24(18)16-12-8-6-9-13-16/h6,8-9,12-13,17H,7,10-11,14-15H2,1-5H3. The van der Waals surface area contributed by atoms with Gasteiger partial charge >= 0.3 is 0 Å². The van der Waals surface area contributed by atoms with Crippen LogP contribution in [0.2, 0.25) is 0 Å². The van der Waals surface area contributed by atoms with Crippen molar-refractivity contribution in [3.8, 4) is 0 Å². The Kier molecular flexibility index (Phi) is 5.04. The van der Waals surface area contributed by atoms with Crippen LogP contribution in [0.5, 0.6) is 0 Å². The number of amidine groups is 1. The lowest BCUT2D eigenvalue weighted by molar-refractivity contribution is 0.154. The number of benzene rings is 1. The quantitative estimate of drug-likeness (QED) is 0.701. The van der Waals surface area contributed by atoms with Crippen molar-refractivity contribution in [2.24, 2.45) is 10.4 Å². The summed E-state index contributed by atoms with van der Waals surface area (Å²) in [6, 6.07) is 10.7. The zero-order chi connectivity index (χ0) is 18.2. The Labute approximate surface area is 158 Å². The van der Waals surface area contributed by atoms with Gasteiger partial charge in [-0.05, 0) is 58.8 Å². The summed E-state index contributed by atoms with van der Waals surface area (Å²) in [6.07, 6.45) is 3.88. The van der Waals surface area contributed by atoms with Crippen LogP contribution >= 0.6 is 12.2 Å². The first-order chi connectivity index (χ1) is 11.7. The van der Waals surface area contributed by atoms with Gasteiger partial charge in [0, 0.05) is 11.1 Å². The second-order valence-corrected chi connectivity index (χ2v) is 9.22. The topological polar surface area (TPSA) is 18.8 Å². The molecule has 1 unspecified atom stereocenters. The Balaban J connectivity index is 2.11. The number of rotatable bonds is 2. The lowest BCUT2D eigenvalue weighted by Crippen LogP contribution is -2.50. The highest BCUT2D eigenvalue weighted by molar-refractivity contribution is 7.80. The van der Waals surface area contributed by atoms with Crippen LogP contribution < -0.4 is 4.90 Å². The zero-order valence-corrected chi connectivity index (χ0v) is 17.1. The summed E-state index contributed by atoms with van der Waals surface area (Å²) >= 11 is 5.99. The van der Waals surface area contributed by atoms with Gasteiger partial charge in [0.25, 0.3) is 0 Å². The summed E-state index contributed by atoms with van der Waals surface area (Å²) in [7, 11) is 0. The molecule has 1 aromatic carbocycles. The van der Waals surface area contributed by atoms with E-state index < -0.39 is 0 Å². The summed E-state index contributed by atoms with van der Waals surface area (Å²) in [5.41, 5.74) is 0.891. The van der Waals surface area contributed by atoms with Crippen LogP contribution in [-0.2, 0) is 0 Å². The van der Waals surface area contributed by atoms with E-state index in [1.807, 2.05) is 0 Å². The third-order valence-electron chi connectivity index (χ3n) is 5.13. The Morgan fingerprint density at radius 3 is 2.20 bits per heavy atom. The molecule has 25 heavy (non-hydrogen) atoms. The number of hydrogen-bond donors (Lipinski definition) is 0. The van der Waals surface area contributed by atoms with Crippen LogP contribution in [0.15, 0.2) is 35.3 Å². The minimum Gasteiger partial charge on any atom is -0.293 e. The Hall–Kier alpha value is -1.26. The van der Waals surface area contributed by atoms with Gasteiger partial charge in [-0.3, -0.25) is 14.8 Å². The molecular formula is C21H31N3S. The van der Waals surface area contributed by atoms with Gasteiger partial charge in [-0.25, -0.2) is 0 Å². The van der Waals surface area contributed by atoms with Gasteiger partial charge in [-0.15, -0.1) is 0 Å². The molecule has 0 aromatic heterocycles. The third kappa shape index (κ3) is 3.65. The van der Waals surface area contributed by atoms with E-state index in [9.17, 15) is 0 Å². The van der Waals surface area contributed by atoms with Gasteiger partial charge in [0.15, 0.2) is 0 Å². The molecule has 136 valence electrons. The lowest BCUT2D eigenvalue weighted by atomic mass is 9.85. The summed E-state index contributed by atoms with van der Waals surface area (Å²) in [5, 5.41) is 0. The van der Waals surface area contributed by atoms with E-state index >= 15 is 0 Å². The summed E-state index contributed by atoms with van der Waals surface area (Å²) in [5.74, 6) is 1.12. The molecule has 1 atom stereocenters. The number of piperidine rings is 1. The summed E-state index contributed by atoms with van der Waals surface area (Å²) < 4.78 is 0.